The number of rotatable bonds is 8. The number of methoxy groups -OCH3 is 1. The number of benzene rings is 2. The SMILES string of the molecule is COCCn1ccc2c(OCC(=O)NC(C)c3nc4ccccc4[nH]3)cccc21. The van der Waals surface area contributed by atoms with Gasteiger partial charge in [0.15, 0.2) is 6.61 Å². The molecule has 150 valence electrons. The second kappa shape index (κ2) is 8.36. The van der Waals surface area contributed by atoms with Crippen molar-refractivity contribution >= 4 is 27.8 Å². The maximum Gasteiger partial charge on any atom is 0.258 e. The first-order valence-corrected chi connectivity index (χ1v) is 9.59. The third-order valence-corrected chi connectivity index (χ3v) is 4.86. The number of carbonyl (C=O) groups is 1. The van der Waals surface area contributed by atoms with Gasteiger partial charge in [-0.2, -0.15) is 0 Å². The fourth-order valence-corrected chi connectivity index (χ4v) is 3.38. The van der Waals surface area contributed by atoms with Gasteiger partial charge in [-0.1, -0.05) is 18.2 Å². The van der Waals surface area contributed by atoms with Crippen LogP contribution in [0.25, 0.3) is 21.9 Å². The van der Waals surface area contributed by atoms with Crippen molar-refractivity contribution in [1.29, 1.82) is 0 Å². The van der Waals surface area contributed by atoms with E-state index >= 15 is 0 Å². The number of aromatic nitrogens is 3. The van der Waals surface area contributed by atoms with Crippen LogP contribution in [0.4, 0.5) is 0 Å². The van der Waals surface area contributed by atoms with Crippen molar-refractivity contribution < 1.29 is 14.3 Å². The van der Waals surface area contributed by atoms with Crippen LogP contribution in [-0.4, -0.2) is 40.8 Å². The number of hydrogen-bond donors (Lipinski definition) is 2. The molecule has 0 aliphatic heterocycles. The number of ether oxygens (including phenoxy) is 2. The minimum Gasteiger partial charge on any atom is -0.483 e. The monoisotopic (exact) mass is 392 g/mol. The van der Waals surface area contributed by atoms with Gasteiger partial charge < -0.3 is 24.3 Å². The molecule has 2 heterocycles. The Morgan fingerprint density at radius 3 is 2.90 bits per heavy atom. The van der Waals surface area contributed by atoms with Gasteiger partial charge in [0.25, 0.3) is 5.91 Å². The highest BCUT2D eigenvalue weighted by Crippen LogP contribution is 2.26. The molecule has 0 spiro atoms. The highest BCUT2D eigenvalue weighted by atomic mass is 16.5. The molecule has 0 bridgehead atoms. The molecule has 2 aromatic carbocycles. The van der Waals surface area contributed by atoms with E-state index < -0.39 is 0 Å². The summed E-state index contributed by atoms with van der Waals surface area (Å²) in [5.41, 5.74) is 2.88. The maximum absolute atomic E-state index is 12.4. The second-order valence-corrected chi connectivity index (χ2v) is 6.91. The molecule has 1 unspecified atom stereocenters. The van der Waals surface area contributed by atoms with Crippen LogP contribution in [0.15, 0.2) is 54.7 Å². The van der Waals surface area contributed by atoms with Gasteiger partial charge in [0.2, 0.25) is 0 Å². The normalized spacial score (nSPS) is 12.3. The Kier molecular flexibility index (Phi) is 5.48. The molecule has 0 aliphatic carbocycles. The van der Waals surface area contributed by atoms with Gasteiger partial charge in [0.1, 0.15) is 11.6 Å². The van der Waals surface area contributed by atoms with Crippen molar-refractivity contribution in [2.24, 2.45) is 0 Å². The quantitative estimate of drug-likeness (QED) is 0.481. The minimum atomic E-state index is -0.246. The molecule has 29 heavy (non-hydrogen) atoms. The van der Waals surface area contributed by atoms with E-state index in [1.807, 2.05) is 61.7 Å². The first-order chi connectivity index (χ1) is 14.2. The molecule has 0 saturated carbocycles. The molecule has 7 heteroatoms. The van der Waals surface area contributed by atoms with Crippen LogP contribution >= 0.6 is 0 Å². The van der Waals surface area contributed by atoms with Crippen molar-refractivity contribution in [3.05, 3.63) is 60.6 Å². The first-order valence-electron chi connectivity index (χ1n) is 9.59. The van der Waals surface area contributed by atoms with Gasteiger partial charge in [-0.15, -0.1) is 0 Å². The molecule has 7 nitrogen and oxygen atoms in total. The Bertz CT molecular complexity index is 1100. The van der Waals surface area contributed by atoms with Crippen LogP contribution in [0, 0.1) is 0 Å². The van der Waals surface area contributed by atoms with E-state index in [1.165, 1.54) is 0 Å². The van der Waals surface area contributed by atoms with Gasteiger partial charge in [0, 0.05) is 25.2 Å². The standard InChI is InChI=1S/C22H24N4O3/c1-15(22-24-17-6-3-4-7-18(17)25-22)23-21(27)14-29-20-9-5-8-19-16(20)10-11-26(19)12-13-28-2/h3-11,15H,12-14H2,1-2H3,(H,23,27)(H,24,25). The van der Waals surface area contributed by atoms with Gasteiger partial charge in [-0.3, -0.25) is 4.79 Å². The third-order valence-electron chi connectivity index (χ3n) is 4.86. The molecule has 4 rings (SSSR count). The van der Waals surface area contributed by atoms with Crippen molar-refractivity contribution in [3.8, 4) is 5.75 Å². The zero-order valence-electron chi connectivity index (χ0n) is 16.5. The molecule has 0 saturated heterocycles. The van der Waals surface area contributed by atoms with Crippen LogP contribution < -0.4 is 10.1 Å². The molecule has 1 amide bonds. The predicted molar refractivity (Wildman–Crippen MR) is 112 cm³/mol. The molecular weight excluding hydrogens is 368 g/mol. The summed E-state index contributed by atoms with van der Waals surface area (Å²) >= 11 is 0. The fourth-order valence-electron chi connectivity index (χ4n) is 3.38. The first kappa shape index (κ1) is 19.0. The molecule has 0 aliphatic rings. The van der Waals surface area contributed by atoms with Crippen LogP contribution in [0.2, 0.25) is 0 Å². The molecule has 0 fully saturated rings. The minimum absolute atomic E-state index is 0.0626. The third kappa shape index (κ3) is 4.09. The lowest BCUT2D eigenvalue weighted by Crippen LogP contribution is -2.31. The molecule has 1 atom stereocenters. The smallest absolute Gasteiger partial charge is 0.258 e. The number of hydrogen-bond acceptors (Lipinski definition) is 4. The van der Waals surface area contributed by atoms with Gasteiger partial charge in [0.05, 0.1) is 29.2 Å². The summed E-state index contributed by atoms with van der Waals surface area (Å²) in [5, 5.41) is 3.90. The Morgan fingerprint density at radius 1 is 1.21 bits per heavy atom. The van der Waals surface area contributed by atoms with Crippen molar-refractivity contribution in [1.82, 2.24) is 19.9 Å². The van der Waals surface area contributed by atoms with E-state index in [2.05, 4.69) is 19.9 Å². The number of nitrogens with one attached hydrogen (secondary N) is 2. The lowest BCUT2D eigenvalue weighted by atomic mass is 10.2. The number of H-pyrrole nitrogens is 1. The summed E-state index contributed by atoms with van der Waals surface area (Å²) in [6, 6.07) is 15.4. The summed E-state index contributed by atoms with van der Waals surface area (Å²) in [6.45, 7) is 3.23. The fraction of sp³-hybridized carbons (Fsp3) is 0.273. The van der Waals surface area contributed by atoms with E-state index in [-0.39, 0.29) is 18.6 Å². The van der Waals surface area contributed by atoms with Crippen molar-refractivity contribution in [2.75, 3.05) is 20.3 Å². The molecular formula is C22H24N4O3. The molecule has 4 aromatic rings. The number of carbonyl (C=O) groups excluding carboxylic acids is 1. The Balaban J connectivity index is 1.39. The zero-order valence-corrected chi connectivity index (χ0v) is 16.5. The highest BCUT2D eigenvalue weighted by Gasteiger charge is 2.15. The molecule has 2 N–H and O–H groups in total. The zero-order chi connectivity index (χ0) is 20.2. The van der Waals surface area contributed by atoms with Gasteiger partial charge in [-0.25, -0.2) is 4.98 Å². The van der Waals surface area contributed by atoms with E-state index in [0.717, 1.165) is 34.3 Å². The summed E-state index contributed by atoms with van der Waals surface area (Å²) in [5.74, 6) is 1.20. The van der Waals surface area contributed by atoms with Gasteiger partial charge in [-0.05, 0) is 37.3 Å². The van der Waals surface area contributed by atoms with Crippen molar-refractivity contribution in [2.45, 2.75) is 19.5 Å². The number of nitrogens with zero attached hydrogens (tertiary/aromatic N) is 2. The number of para-hydroxylation sites is 2. The summed E-state index contributed by atoms with van der Waals surface area (Å²) < 4.78 is 13.1. The summed E-state index contributed by atoms with van der Waals surface area (Å²) in [6.07, 6.45) is 2.00. The number of imidazole rings is 1. The Morgan fingerprint density at radius 2 is 2.07 bits per heavy atom. The number of amides is 1. The van der Waals surface area contributed by atoms with Crippen LogP contribution in [-0.2, 0) is 16.1 Å². The lowest BCUT2D eigenvalue weighted by Gasteiger charge is -2.13. The largest absolute Gasteiger partial charge is 0.483 e. The molecule has 0 radical (unpaired) electrons. The lowest BCUT2D eigenvalue weighted by molar-refractivity contribution is -0.123. The maximum atomic E-state index is 12.4. The Labute approximate surface area is 168 Å². The Hall–Kier alpha value is -3.32. The average molecular weight is 392 g/mol. The van der Waals surface area contributed by atoms with E-state index in [9.17, 15) is 4.79 Å². The number of aromatic amines is 1. The van der Waals surface area contributed by atoms with E-state index in [4.69, 9.17) is 9.47 Å². The predicted octanol–water partition coefficient (Wildman–Crippen LogP) is 3.42. The van der Waals surface area contributed by atoms with Crippen LogP contribution in [0.3, 0.4) is 0 Å². The highest BCUT2D eigenvalue weighted by molar-refractivity contribution is 5.87. The molecule has 2 aromatic heterocycles. The second-order valence-electron chi connectivity index (χ2n) is 6.91. The van der Waals surface area contributed by atoms with E-state index in [0.29, 0.717) is 12.4 Å². The summed E-state index contributed by atoms with van der Waals surface area (Å²) in [4.78, 5) is 20.2. The summed E-state index contributed by atoms with van der Waals surface area (Å²) in [7, 11) is 1.69. The van der Waals surface area contributed by atoms with Crippen LogP contribution in [0.1, 0.15) is 18.8 Å². The topological polar surface area (TPSA) is 81.2 Å². The average Bonchev–Trinajstić information content (AvgIpc) is 3.35. The van der Waals surface area contributed by atoms with Crippen LogP contribution in [0.5, 0.6) is 5.75 Å². The number of fused-ring (bicyclic) bond motifs is 2. The van der Waals surface area contributed by atoms with E-state index in [1.54, 1.807) is 7.11 Å². The van der Waals surface area contributed by atoms with Crippen molar-refractivity contribution in [3.63, 3.8) is 0 Å². The van der Waals surface area contributed by atoms with Gasteiger partial charge >= 0.3 is 0 Å².